The fourth-order valence-electron chi connectivity index (χ4n) is 4.24. The van der Waals surface area contributed by atoms with Crippen molar-refractivity contribution in [1.82, 2.24) is 14.8 Å². The minimum Gasteiger partial charge on any atom is -0.497 e. The number of likely N-dealkylation sites (tertiary alicyclic amines) is 1. The molecule has 3 heterocycles. The SMILES string of the molecule is COc1ccc2c(c1)/C(=N/N1CC(=O)N(CCCCN3CCCCC3)C1=O)CCO2. The van der Waals surface area contributed by atoms with Gasteiger partial charge in [0.15, 0.2) is 0 Å². The highest BCUT2D eigenvalue weighted by Crippen LogP contribution is 2.29. The third-order valence-electron chi connectivity index (χ3n) is 5.93. The zero-order valence-corrected chi connectivity index (χ0v) is 17.6. The highest BCUT2D eigenvalue weighted by molar-refractivity contribution is 6.06. The molecule has 1 aromatic carbocycles. The number of carbonyl (C=O) groups excluding carboxylic acids is 2. The molecule has 0 radical (unpaired) electrons. The van der Waals surface area contributed by atoms with E-state index in [9.17, 15) is 9.59 Å². The number of piperidine rings is 1. The highest BCUT2D eigenvalue weighted by Gasteiger charge is 2.36. The summed E-state index contributed by atoms with van der Waals surface area (Å²) in [6.07, 6.45) is 6.28. The summed E-state index contributed by atoms with van der Waals surface area (Å²) >= 11 is 0. The van der Waals surface area contributed by atoms with Gasteiger partial charge in [0.05, 0.1) is 19.4 Å². The van der Waals surface area contributed by atoms with Crippen LogP contribution in [0.4, 0.5) is 4.79 Å². The maximum Gasteiger partial charge on any atom is 0.347 e. The number of hydrazone groups is 1. The zero-order chi connectivity index (χ0) is 20.9. The van der Waals surface area contributed by atoms with Crippen LogP contribution in [0.2, 0.25) is 0 Å². The topological polar surface area (TPSA) is 74.7 Å². The van der Waals surface area contributed by atoms with Gasteiger partial charge in [0.2, 0.25) is 0 Å². The van der Waals surface area contributed by atoms with E-state index in [1.165, 1.54) is 42.3 Å². The first-order chi connectivity index (χ1) is 14.7. The maximum atomic E-state index is 12.8. The Morgan fingerprint density at radius 1 is 1.10 bits per heavy atom. The molecule has 1 aromatic rings. The van der Waals surface area contributed by atoms with Gasteiger partial charge < -0.3 is 14.4 Å². The van der Waals surface area contributed by atoms with Gasteiger partial charge >= 0.3 is 6.03 Å². The molecule has 0 bridgehead atoms. The molecule has 2 fully saturated rings. The minimum absolute atomic E-state index is 0.00534. The molecule has 0 saturated carbocycles. The van der Waals surface area contributed by atoms with Gasteiger partial charge in [-0.1, -0.05) is 6.42 Å². The Bertz CT molecular complexity index is 819. The van der Waals surface area contributed by atoms with Crippen molar-refractivity contribution < 1.29 is 19.1 Å². The van der Waals surface area contributed by atoms with Crippen LogP contribution in [-0.2, 0) is 4.79 Å². The molecule has 162 valence electrons. The molecule has 8 heteroatoms. The average Bonchev–Trinajstić information content (AvgIpc) is 3.04. The Hall–Kier alpha value is -2.61. The van der Waals surface area contributed by atoms with E-state index in [0.29, 0.717) is 31.1 Å². The lowest BCUT2D eigenvalue weighted by Crippen LogP contribution is -2.34. The van der Waals surface area contributed by atoms with E-state index < -0.39 is 0 Å². The van der Waals surface area contributed by atoms with Crippen molar-refractivity contribution in [1.29, 1.82) is 0 Å². The van der Waals surface area contributed by atoms with Crippen LogP contribution in [0.1, 0.15) is 44.1 Å². The lowest BCUT2D eigenvalue weighted by atomic mass is 10.0. The summed E-state index contributed by atoms with van der Waals surface area (Å²) in [4.78, 5) is 29.0. The number of nitrogens with zero attached hydrogens (tertiary/aromatic N) is 4. The summed E-state index contributed by atoms with van der Waals surface area (Å²) in [7, 11) is 1.61. The molecule has 0 unspecified atom stereocenters. The van der Waals surface area contributed by atoms with E-state index in [-0.39, 0.29) is 18.5 Å². The van der Waals surface area contributed by atoms with Gasteiger partial charge in [0.1, 0.15) is 18.0 Å². The van der Waals surface area contributed by atoms with Crippen LogP contribution in [-0.4, -0.2) is 78.9 Å². The zero-order valence-electron chi connectivity index (χ0n) is 17.6. The van der Waals surface area contributed by atoms with Crippen LogP contribution in [0.3, 0.4) is 0 Å². The van der Waals surface area contributed by atoms with Crippen molar-refractivity contribution in [2.75, 3.05) is 46.4 Å². The highest BCUT2D eigenvalue weighted by atomic mass is 16.5. The van der Waals surface area contributed by atoms with E-state index >= 15 is 0 Å². The first kappa shape index (κ1) is 20.7. The normalized spacial score (nSPS) is 21.2. The van der Waals surface area contributed by atoms with E-state index in [2.05, 4.69) is 10.0 Å². The summed E-state index contributed by atoms with van der Waals surface area (Å²) in [5, 5.41) is 5.82. The minimum atomic E-state index is -0.332. The van der Waals surface area contributed by atoms with Crippen LogP contribution in [0.5, 0.6) is 11.5 Å². The third-order valence-corrected chi connectivity index (χ3v) is 5.93. The summed E-state index contributed by atoms with van der Waals surface area (Å²) in [6.45, 7) is 4.33. The van der Waals surface area contributed by atoms with E-state index in [1.807, 2.05) is 18.2 Å². The van der Waals surface area contributed by atoms with Gasteiger partial charge in [-0.15, -0.1) is 0 Å². The number of imide groups is 1. The fraction of sp³-hybridized carbons (Fsp3) is 0.591. The molecule has 3 amide bonds. The van der Waals surface area contributed by atoms with Crippen LogP contribution >= 0.6 is 0 Å². The second-order valence-corrected chi connectivity index (χ2v) is 8.00. The molecular formula is C22H30N4O4. The molecule has 0 aromatic heterocycles. The maximum absolute atomic E-state index is 12.8. The van der Waals surface area contributed by atoms with Crippen molar-refractivity contribution in [3.05, 3.63) is 23.8 Å². The van der Waals surface area contributed by atoms with Crippen LogP contribution in [0.15, 0.2) is 23.3 Å². The summed E-state index contributed by atoms with van der Waals surface area (Å²) in [5.41, 5.74) is 1.55. The summed E-state index contributed by atoms with van der Waals surface area (Å²) in [6, 6.07) is 5.20. The first-order valence-electron chi connectivity index (χ1n) is 10.9. The molecule has 8 nitrogen and oxygen atoms in total. The van der Waals surface area contributed by atoms with Gasteiger partial charge in [-0.25, -0.2) is 9.80 Å². The molecular weight excluding hydrogens is 384 g/mol. The molecule has 2 saturated heterocycles. The lowest BCUT2D eigenvalue weighted by Gasteiger charge is -2.26. The first-order valence-corrected chi connectivity index (χ1v) is 10.9. The lowest BCUT2D eigenvalue weighted by molar-refractivity contribution is -0.125. The molecule has 0 spiro atoms. The van der Waals surface area contributed by atoms with E-state index in [4.69, 9.17) is 9.47 Å². The van der Waals surface area contributed by atoms with Crippen molar-refractivity contribution in [3.8, 4) is 11.5 Å². The van der Waals surface area contributed by atoms with Gasteiger partial charge in [0, 0.05) is 18.5 Å². The van der Waals surface area contributed by atoms with Gasteiger partial charge in [-0.2, -0.15) is 5.10 Å². The second-order valence-electron chi connectivity index (χ2n) is 8.00. The number of hydrogen-bond acceptors (Lipinski definition) is 6. The molecule has 0 aliphatic carbocycles. The van der Waals surface area contributed by atoms with Crippen LogP contribution < -0.4 is 9.47 Å². The largest absolute Gasteiger partial charge is 0.497 e. The Kier molecular flexibility index (Phi) is 6.52. The van der Waals surface area contributed by atoms with Crippen LogP contribution in [0, 0.1) is 0 Å². The number of benzene rings is 1. The van der Waals surface area contributed by atoms with Crippen molar-refractivity contribution in [2.24, 2.45) is 5.10 Å². The van der Waals surface area contributed by atoms with Gasteiger partial charge in [-0.3, -0.25) is 9.69 Å². The Balaban J connectivity index is 1.36. The standard InChI is InChI=1S/C22H30N4O4/c1-29-17-7-8-20-18(15-17)19(9-14-30-20)23-26-16-21(27)25(22(26)28)13-6-5-12-24-10-3-2-4-11-24/h7-8,15H,2-6,9-14,16H2,1H3/b23-19+. The van der Waals surface area contributed by atoms with Crippen molar-refractivity contribution in [2.45, 2.75) is 38.5 Å². The Labute approximate surface area is 177 Å². The van der Waals surface area contributed by atoms with Crippen molar-refractivity contribution in [3.63, 3.8) is 0 Å². The number of amides is 3. The molecule has 0 N–H and O–H groups in total. The molecule has 30 heavy (non-hydrogen) atoms. The number of unbranched alkanes of at least 4 members (excludes halogenated alkanes) is 1. The molecule has 0 atom stereocenters. The van der Waals surface area contributed by atoms with E-state index in [0.717, 1.165) is 30.7 Å². The number of ether oxygens (including phenoxy) is 2. The predicted molar refractivity (Wildman–Crippen MR) is 113 cm³/mol. The number of hydrogen-bond donors (Lipinski definition) is 0. The van der Waals surface area contributed by atoms with Gasteiger partial charge in [0.25, 0.3) is 5.91 Å². The summed E-state index contributed by atoms with van der Waals surface area (Å²) < 4.78 is 11.0. The molecule has 4 rings (SSSR count). The van der Waals surface area contributed by atoms with Crippen molar-refractivity contribution >= 4 is 17.6 Å². The number of urea groups is 1. The smallest absolute Gasteiger partial charge is 0.347 e. The number of carbonyl (C=O) groups is 2. The fourth-order valence-corrected chi connectivity index (χ4v) is 4.24. The van der Waals surface area contributed by atoms with Crippen LogP contribution in [0.25, 0.3) is 0 Å². The predicted octanol–water partition coefficient (Wildman–Crippen LogP) is 2.71. The third kappa shape index (κ3) is 4.59. The number of methoxy groups -OCH3 is 1. The monoisotopic (exact) mass is 414 g/mol. The quantitative estimate of drug-likeness (QED) is 0.507. The second kappa shape index (κ2) is 9.47. The molecule has 3 aliphatic rings. The molecule has 3 aliphatic heterocycles. The summed E-state index contributed by atoms with van der Waals surface area (Å²) in [5.74, 6) is 1.24. The Morgan fingerprint density at radius 2 is 1.90 bits per heavy atom. The van der Waals surface area contributed by atoms with Gasteiger partial charge in [-0.05, 0) is 63.5 Å². The number of fused-ring (bicyclic) bond motifs is 1. The Morgan fingerprint density at radius 3 is 2.70 bits per heavy atom. The average molecular weight is 415 g/mol. The van der Waals surface area contributed by atoms with E-state index in [1.54, 1.807) is 7.11 Å². The number of rotatable bonds is 7.